The Bertz CT molecular complexity index is 663. The minimum atomic E-state index is -1.08. The van der Waals surface area contributed by atoms with Crippen LogP contribution in [0.5, 0.6) is 0 Å². The highest BCUT2D eigenvalue weighted by Gasteiger charge is 2.09. The third kappa shape index (κ3) is 4.43. The molecule has 0 unspecified atom stereocenters. The van der Waals surface area contributed by atoms with Crippen LogP contribution in [0.25, 0.3) is 5.57 Å². The SMILES string of the molecule is O=C(O)/C=C(/CCc1ccc(Cl)cc1)c1ccccc1F. The van der Waals surface area contributed by atoms with Crippen molar-refractivity contribution < 1.29 is 14.3 Å². The molecule has 1 N–H and O–H groups in total. The van der Waals surface area contributed by atoms with E-state index >= 15 is 0 Å². The first-order valence-electron chi connectivity index (χ1n) is 6.49. The molecular weight excluding hydrogens is 291 g/mol. The molecule has 2 aromatic carbocycles. The number of carboxylic acid groups (broad SMARTS) is 1. The van der Waals surface area contributed by atoms with Crippen LogP contribution < -0.4 is 0 Å². The fraction of sp³-hybridized carbons (Fsp3) is 0.118. The molecule has 2 nitrogen and oxygen atoms in total. The van der Waals surface area contributed by atoms with Crippen molar-refractivity contribution in [2.45, 2.75) is 12.8 Å². The molecule has 108 valence electrons. The van der Waals surface area contributed by atoms with E-state index in [0.29, 0.717) is 29.0 Å². The zero-order valence-electron chi connectivity index (χ0n) is 11.2. The Labute approximate surface area is 127 Å². The summed E-state index contributed by atoms with van der Waals surface area (Å²) in [5.41, 5.74) is 1.82. The zero-order valence-corrected chi connectivity index (χ0v) is 12.0. The highest BCUT2D eigenvalue weighted by Crippen LogP contribution is 2.23. The second-order valence-corrected chi connectivity index (χ2v) is 5.05. The third-order valence-electron chi connectivity index (χ3n) is 3.11. The van der Waals surface area contributed by atoms with Crippen LogP contribution in [0, 0.1) is 5.82 Å². The van der Waals surface area contributed by atoms with E-state index in [1.165, 1.54) is 6.07 Å². The number of aliphatic carboxylic acids is 1. The van der Waals surface area contributed by atoms with E-state index in [1.807, 2.05) is 12.1 Å². The van der Waals surface area contributed by atoms with Crippen LogP contribution in [0.1, 0.15) is 17.5 Å². The monoisotopic (exact) mass is 304 g/mol. The molecule has 0 saturated carbocycles. The molecule has 0 amide bonds. The van der Waals surface area contributed by atoms with Gasteiger partial charge in [0.25, 0.3) is 0 Å². The molecule has 4 heteroatoms. The average Bonchev–Trinajstić information content (AvgIpc) is 2.45. The Balaban J connectivity index is 2.20. The lowest BCUT2D eigenvalue weighted by molar-refractivity contribution is -0.131. The van der Waals surface area contributed by atoms with Crippen LogP contribution in [0.3, 0.4) is 0 Å². The summed E-state index contributed by atoms with van der Waals surface area (Å²) in [6.07, 6.45) is 2.12. The molecule has 0 spiro atoms. The Kier molecular flexibility index (Phi) is 5.12. The van der Waals surface area contributed by atoms with Crippen molar-refractivity contribution in [1.29, 1.82) is 0 Å². The van der Waals surface area contributed by atoms with E-state index in [1.54, 1.807) is 30.3 Å². The van der Waals surface area contributed by atoms with Crippen molar-refractivity contribution in [2.75, 3.05) is 0 Å². The van der Waals surface area contributed by atoms with Gasteiger partial charge < -0.3 is 5.11 Å². The molecule has 0 atom stereocenters. The molecule has 0 radical (unpaired) electrons. The molecule has 0 bridgehead atoms. The molecule has 0 aliphatic carbocycles. The maximum Gasteiger partial charge on any atom is 0.328 e. The third-order valence-corrected chi connectivity index (χ3v) is 3.37. The van der Waals surface area contributed by atoms with Gasteiger partial charge in [-0.15, -0.1) is 0 Å². The predicted molar refractivity (Wildman–Crippen MR) is 81.8 cm³/mol. The number of aryl methyl sites for hydroxylation is 1. The van der Waals surface area contributed by atoms with Crippen molar-refractivity contribution in [3.63, 3.8) is 0 Å². The Hall–Kier alpha value is -2.13. The van der Waals surface area contributed by atoms with Crippen LogP contribution in [0.15, 0.2) is 54.6 Å². The highest BCUT2D eigenvalue weighted by atomic mass is 35.5. The number of hydrogen-bond donors (Lipinski definition) is 1. The van der Waals surface area contributed by atoms with E-state index in [0.717, 1.165) is 11.6 Å². The number of benzene rings is 2. The van der Waals surface area contributed by atoms with Crippen LogP contribution in [0.2, 0.25) is 5.02 Å². The summed E-state index contributed by atoms with van der Waals surface area (Å²) in [5, 5.41) is 9.60. The van der Waals surface area contributed by atoms with E-state index in [4.69, 9.17) is 16.7 Å². The van der Waals surface area contributed by atoms with Gasteiger partial charge in [0.05, 0.1) is 0 Å². The molecule has 0 saturated heterocycles. The molecule has 2 aromatic rings. The smallest absolute Gasteiger partial charge is 0.328 e. The summed E-state index contributed by atoms with van der Waals surface area (Å²) in [6.45, 7) is 0. The minimum absolute atomic E-state index is 0.328. The van der Waals surface area contributed by atoms with Crippen LogP contribution in [-0.2, 0) is 11.2 Å². The van der Waals surface area contributed by atoms with Crippen molar-refractivity contribution in [3.8, 4) is 0 Å². The number of hydrogen-bond acceptors (Lipinski definition) is 1. The predicted octanol–water partition coefficient (Wildman–Crippen LogP) is 4.58. The van der Waals surface area contributed by atoms with Gasteiger partial charge in [-0.25, -0.2) is 9.18 Å². The number of allylic oxidation sites excluding steroid dienone is 1. The number of halogens is 2. The minimum Gasteiger partial charge on any atom is -0.478 e. The second kappa shape index (κ2) is 7.04. The molecule has 0 aliphatic rings. The molecule has 0 fully saturated rings. The lowest BCUT2D eigenvalue weighted by Crippen LogP contribution is -1.97. The summed E-state index contributed by atoms with van der Waals surface area (Å²) in [4.78, 5) is 10.9. The van der Waals surface area contributed by atoms with Crippen LogP contribution in [-0.4, -0.2) is 11.1 Å². The molecule has 21 heavy (non-hydrogen) atoms. The van der Waals surface area contributed by atoms with Gasteiger partial charge in [-0.3, -0.25) is 0 Å². The van der Waals surface area contributed by atoms with Crippen LogP contribution in [0.4, 0.5) is 4.39 Å². The van der Waals surface area contributed by atoms with E-state index in [-0.39, 0.29) is 0 Å². The first kappa shape index (κ1) is 15.3. The standard InChI is InChI=1S/C17H14ClFO2/c18-14-9-6-12(7-10-14)5-8-13(11-17(20)21)15-3-1-2-4-16(15)19/h1-4,6-7,9-11H,5,8H2,(H,20,21)/b13-11-. The van der Waals surface area contributed by atoms with Gasteiger partial charge in [0.2, 0.25) is 0 Å². The number of carbonyl (C=O) groups is 1. The van der Waals surface area contributed by atoms with Gasteiger partial charge in [-0.2, -0.15) is 0 Å². The van der Waals surface area contributed by atoms with Gasteiger partial charge in [-0.05, 0) is 42.2 Å². The van der Waals surface area contributed by atoms with Gasteiger partial charge in [0, 0.05) is 16.7 Å². The van der Waals surface area contributed by atoms with Crippen LogP contribution >= 0.6 is 11.6 Å². The second-order valence-electron chi connectivity index (χ2n) is 4.61. The van der Waals surface area contributed by atoms with Gasteiger partial charge in [-0.1, -0.05) is 41.9 Å². The van der Waals surface area contributed by atoms with Crippen molar-refractivity contribution in [2.24, 2.45) is 0 Å². The molecule has 2 rings (SSSR count). The maximum atomic E-state index is 13.8. The topological polar surface area (TPSA) is 37.3 Å². The fourth-order valence-corrected chi connectivity index (χ4v) is 2.21. The van der Waals surface area contributed by atoms with Crippen molar-refractivity contribution in [1.82, 2.24) is 0 Å². The quantitative estimate of drug-likeness (QED) is 0.821. The highest BCUT2D eigenvalue weighted by molar-refractivity contribution is 6.30. The lowest BCUT2D eigenvalue weighted by atomic mass is 9.97. The molecule has 0 heterocycles. The molecule has 0 aliphatic heterocycles. The summed E-state index contributed by atoms with van der Waals surface area (Å²) < 4.78 is 13.8. The number of rotatable bonds is 5. The normalized spacial score (nSPS) is 11.4. The van der Waals surface area contributed by atoms with E-state index < -0.39 is 11.8 Å². The lowest BCUT2D eigenvalue weighted by Gasteiger charge is -2.09. The largest absolute Gasteiger partial charge is 0.478 e. The Morgan fingerprint density at radius 1 is 1.14 bits per heavy atom. The van der Waals surface area contributed by atoms with Crippen molar-refractivity contribution >= 4 is 23.1 Å². The Morgan fingerprint density at radius 3 is 2.43 bits per heavy atom. The number of carboxylic acids is 1. The summed E-state index contributed by atoms with van der Waals surface area (Å²) in [5.74, 6) is -1.49. The average molecular weight is 305 g/mol. The maximum absolute atomic E-state index is 13.8. The van der Waals surface area contributed by atoms with Gasteiger partial charge in [0.1, 0.15) is 5.82 Å². The first-order chi connectivity index (χ1) is 10.1. The van der Waals surface area contributed by atoms with E-state index in [2.05, 4.69) is 0 Å². The first-order valence-corrected chi connectivity index (χ1v) is 6.87. The van der Waals surface area contributed by atoms with E-state index in [9.17, 15) is 9.18 Å². The van der Waals surface area contributed by atoms with Crippen molar-refractivity contribution in [3.05, 3.63) is 76.6 Å². The van der Waals surface area contributed by atoms with Gasteiger partial charge >= 0.3 is 5.97 Å². The molecule has 0 aromatic heterocycles. The van der Waals surface area contributed by atoms with Gasteiger partial charge in [0.15, 0.2) is 0 Å². The summed E-state index contributed by atoms with van der Waals surface area (Å²) in [7, 11) is 0. The zero-order chi connectivity index (χ0) is 15.2. The molecular formula is C17H14ClFO2. The summed E-state index contributed by atoms with van der Waals surface area (Å²) >= 11 is 5.82. The Morgan fingerprint density at radius 2 is 1.81 bits per heavy atom. The fourth-order valence-electron chi connectivity index (χ4n) is 2.09. The summed E-state index contributed by atoms with van der Waals surface area (Å²) in [6, 6.07) is 13.5.